The maximum Gasteiger partial charge on any atom is 0.255 e. The van der Waals surface area contributed by atoms with Gasteiger partial charge in [-0.25, -0.2) is 9.37 Å². The van der Waals surface area contributed by atoms with Crippen molar-refractivity contribution in [1.29, 1.82) is 0 Å². The Kier molecular flexibility index (Phi) is 5.30. The Morgan fingerprint density at radius 2 is 2.00 bits per heavy atom. The average molecular weight is 378 g/mol. The predicted molar refractivity (Wildman–Crippen MR) is 106 cm³/mol. The number of H-pyrrole nitrogens is 1. The first-order valence-electron chi connectivity index (χ1n) is 9.65. The highest BCUT2D eigenvalue weighted by atomic mass is 19.1. The van der Waals surface area contributed by atoms with Gasteiger partial charge in [-0.2, -0.15) is 0 Å². The summed E-state index contributed by atoms with van der Waals surface area (Å²) in [5, 5.41) is 0. The molecule has 1 aliphatic rings. The summed E-state index contributed by atoms with van der Waals surface area (Å²) >= 11 is 0. The van der Waals surface area contributed by atoms with Gasteiger partial charge in [-0.1, -0.05) is 19.1 Å². The van der Waals surface area contributed by atoms with Crippen LogP contribution in [0.1, 0.15) is 36.0 Å². The van der Waals surface area contributed by atoms with Gasteiger partial charge >= 0.3 is 0 Å². The molecule has 5 nitrogen and oxygen atoms in total. The highest BCUT2D eigenvalue weighted by molar-refractivity contribution is 5.62. The number of rotatable bonds is 5. The van der Waals surface area contributed by atoms with E-state index in [2.05, 4.69) is 32.8 Å². The molecule has 4 rings (SSSR count). The standard InChI is InChI=1S/C22H23FN4O/c1-2-3-21-25-20-8-9-27(14-19(20)22(28)26-21)13-15-10-17(12-24-11-15)16-4-6-18(23)7-5-16/h4-7,10-12H,2-3,8-9,13-14H2,1H3,(H,25,26,28). The highest BCUT2D eigenvalue weighted by Gasteiger charge is 2.21. The fraction of sp³-hybridized carbons (Fsp3) is 0.318. The van der Waals surface area contributed by atoms with Gasteiger partial charge in [-0.15, -0.1) is 0 Å². The molecule has 1 aliphatic heterocycles. The van der Waals surface area contributed by atoms with Crippen molar-refractivity contribution in [3.63, 3.8) is 0 Å². The van der Waals surface area contributed by atoms with Crippen LogP contribution in [0.2, 0.25) is 0 Å². The van der Waals surface area contributed by atoms with Crippen LogP contribution in [0.25, 0.3) is 11.1 Å². The van der Waals surface area contributed by atoms with E-state index in [1.165, 1.54) is 12.1 Å². The number of halogens is 1. The molecule has 0 bridgehead atoms. The van der Waals surface area contributed by atoms with Crippen molar-refractivity contribution in [2.75, 3.05) is 6.54 Å². The van der Waals surface area contributed by atoms with E-state index in [4.69, 9.17) is 0 Å². The highest BCUT2D eigenvalue weighted by Crippen LogP contribution is 2.22. The summed E-state index contributed by atoms with van der Waals surface area (Å²) in [5.74, 6) is 0.539. The first-order chi connectivity index (χ1) is 13.6. The van der Waals surface area contributed by atoms with E-state index in [1.54, 1.807) is 18.3 Å². The lowest BCUT2D eigenvalue weighted by atomic mass is 10.0. The molecule has 0 atom stereocenters. The fourth-order valence-corrected chi connectivity index (χ4v) is 3.66. The average Bonchev–Trinajstić information content (AvgIpc) is 2.70. The SMILES string of the molecule is CCCc1nc2c(c(=O)[nH]1)CN(Cc1cncc(-c3ccc(F)cc3)c1)CC2. The third kappa shape index (κ3) is 4.02. The molecule has 0 unspecified atom stereocenters. The van der Waals surface area contributed by atoms with Crippen LogP contribution in [0.15, 0.2) is 47.5 Å². The van der Waals surface area contributed by atoms with Gasteiger partial charge in [-0.05, 0) is 35.7 Å². The minimum Gasteiger partial charge on any atom is -0.310 e. The second-order valence-corrected chi connectivity index (χ2v) is 7.24. The number of fused-ring (bicyclic) bond motifs is 1. The van der Waals surface area contributed by atoms with Gasteiger partial charge < -0.3 is 4.98 Å². The van der Waals surface area contributed by atoms with E-state index in [0.717, 1.165) is 59.6 Å². The summed E-state index contributed by atoms with van der Waals surface area (Å²) in [7, 11) is 0. The van der Waals surface area contributed by atoms with Gasteiger partial charge in [0.15, 0.2) is 0 Å². The summed E-state index contributed by atoms with van der Waals surface area (Å²) in [6.07, 6.45) is 6.17. The molecule has 144 valence electrons. The molecule has 0 saturated heterocycles. The van der Waals surface area contributed by atoms with Gasteiger partial charge in [0.1, 0.15) is 11.6 Å². The molecule has 0 saturated carbocycles. The maximum absolute atomic E-state index is 13.2. The van der Waals surface area contributed by atoms with Crippen LogP contribution in [0.5, 0.6) is 0 Å². The molecule has 0 spiro atoms. The van der Waals surface area contributed by atoms with Gasteiger partial charge in [0.05, 0.1) is 11.3 Å². The largest absolute Gasteiger partial charge is 0.310 e. The Labute approximate surface area is 163 Å². The van der Waals surface area contributed by atoms with Crippen LogP contribution >= 0.6 is 0 Å². The van der Waals surface area contributed by atoms with Gasteiger partial charge in [0, 0.05) is 50.4 Å². The molecule has 0 amide bonds. The monoisotopic (exact) mass is 378 g/mol. The van der Waals surface area contributed by atoms with Crippen molar-refractivity contribution in [1.82, 2.24) is 19.9 Å². The zero-order valence-electron chi connectivity index (χ0n) is 15.9. The van der Waals surface area contributed by atoms with Crippen LogP contribution in [-0.2, 0) is 25.9 Å². The third-order valence-electron chi connectivity index (χ3n) is 5.06. The van der Waals surface area contributed by atoms with Crippen molar-refractivity contribution in [3.05, 3.63) is 81.5 Å². The van der Waals surface area contributed by atoms with E-state index in [-0.39, 0.29) is 11.4 Å². The second kappa shape index (κ2) is 8.02. The number of pyridine rings is 1. The number of aryl methyl sites for hydroxylation is 1. The Bertz CT molecular complexity index is 1030. The minimum atomic E-state index is -0.249. The molecule has 1 aromatic carbocycles. The number of benzene rings is 1. The van der Waals surface area contributed by atoms with Crippen molar-refractivity contribution < 1.29 is 4.39 Å². The Morgan fingerprint density at radius 1 is 1.18 bits per heavy atom. The molecule has 0 aliphatic carbocycles. The molecular formula is C22H23FN4O. The molecule has 3 heterocycles. The van der Waals surface area contributed by atoms with E-state index in [1.807, 2.05) is 6.20 Å². The number of hydrogen-bond donors (Lipinski definition) is 1. The van der Waals surface area contributed by atoms with Crippen LogP contribution in [0, 0.1) is 5.82 Å². The van der Waals surface area contributed by atoms with Crippen molar-refractivity contribution in [2.24, 2.45) is 0 Å². The van der Waals surface area contributed by atoms with Gasteiger partial charge in [-0.3, -0.25) is 14.7 Å². The zero-order valence-corrected chi connectivity index (χ0v) is 15.9. The molecule has 6 heteroatoms. The smallest absolute Gasteiger partial charge is 0.255 e. The Morgan fingerprint density at radius 3 is 2.79 bits per heavy atom. The lowest BCUT2D eigenvalue weighted by Gasteiger charge is -2.27. The summed E-state index contributed by atoms with van der Waals surface area (Å²) in [6.45, 7) is 4.23. The van der Waals surface area contributed by atoms with Gasteiger partial charge in [0.25, 0.3) is 5.56 Å². The summed E-state index contributed by atoms with van der Waals surface area (Å²) in [5.41, 5.74) is 4.64. The molecular weight excluding hydrogens is 355 g/mol. The molecule has 2 aromatic heterocycles. The fourth-order valence-electron chi connectivity index (χ4n) is 3.66. The second-order valence-electron chi connectivity index (χ2n) is 7.24. The quantitative estimate of drug-likeness (QED) is 0.738. The molecule has 28 heavy (non-hydrogen) atoms. The van der Waals surface area contributed by atoms with Crippen molar-refractivity contribution in [2.45, 2.75) is 39.3 Å². The lowest BCUT2D eigenvalue weighted by molar-refractivity contribution is 0.241. The van der Waals surface area contributed by atoms with E-state index in [9.17, 15) is 9.18 Å². The Hall–Kier alpha value is -2.86. The van der Waals surface area contributed by atoms with Crippen molar-refractivity contribution in [3.8, 4) is 11.1 Å². The normalized spacial score (nSPS) is 14.1. The molecule has 3 aromatic rings. The van der Waals surface area contributed by atoms with E-state index >= 15 is 0 Å². The van der Waals surface area contributed by atoms with Crippen LogP contribution in [0.3, 0.4) is 0 Å². The molecule has 1 N–H and O–H groups in total. The zero-order chi connectivity index (χ0) is 19.5. The molecule has 0 fully saturated rings. The summed E-state index contributed by atoms with van der Waals surface area (Å²) < 4.78 is 13.2. The molecule has 0 radical (unpaired) electrons. The Balaban J connectivity index is 1.51. The first kappa shape index (κ1) is 18.5. The number of nitrogens with one attached hydrogen (secondary N) is 1. The van der Waals surface area contributed by atoms with Crippen LogP contribution in [-0.4, -0.2) is 26.4 Å². The third-order valence-corrected chi connectivity index (χ3v) is 5.06. The number of aromatic nitrogens is 3. The van der Waals surface area contributed by atoms with Crippen LogP contribution in [0.4, 0.5) is 4.39 Å². The summed E-state index contributed by atoms with van der Waals surface area (Å²) in [6, 6.07) is 8.49. The number of aromatic amines is 1. The van der Waals surface area contributed by atoms with E-state index < -0.39 is 0 Å². The predicted octanol–water partition coefficient (Wildman–Crippen LogP) is 3.48. The topological polar surface area (TPSA) is 61.9 Å². The summed E-state index contributed by atoms with van der Waals surface area (Å²) in [4.78, 5) is 26.6. The minimum absolute atomic E-state index is 0.0173. The van der Waals surface area contributed by atoms with Crippen LogP contribution < -0.4 is 5.56 Å². The first-order valence-corrected chi connectivity index (χ1v) is 9.65. The lowest BCUT2D eigenvalue weighted by Crippen LogP contribution is -2.35. The maximum atomic E-state index is 13.2. The number of nitrogens with zero attached hydrogens (tertiary/aromatic N) is 3. The van der Waals surface area contributed by atoms with E-state index in [0.29, 0.717) is 13.1 Å². The van der Waals surface area contributed by atoms with Gasteiger partial charge in [0.2, 0.25) is 0 Å². The van der Waals surface area contributed by atoms with Crippen molar-refractivity contribution >= 4 is 0 Å². The number of hydrogen-bond acceptors (Lipinski definition) is 4.